The Labute approximate surface area is 123 Å². The number of amides is 1. The van der Waals surface area contributed by atoms with Crippen molar-refractivity contribution in [2.75, 3.05) is 14.2 Å². The lowest BCUT2D eigenvalue weighted by Crippen LogP contribution is -2.37. The van der Waals surface area contributed by atoms with E-state index in [1.165, 1.54) is 14.2 Å². The van der Waals surface area contributed by atoms with Crippen LogP contribution in [-0.2, 0) is 9.53 Å². The summed E-state index contributed by atoms with van der Waals surface area (Å²) in [5.74, 6) is 0.0309. The first-order chi connectivity index (χ1) is 10.0. The van der Waals surface area contributed by atoms with Crippen LogP contribution in [0.5, 0.6) is 11.5 Å². The predicted octanol–water partition coefficient (Wildman–Crippen LogP) is 1.53. The van der Waals surface area contributed by atoms with Crippen LogP contribution in [0.15, 0.2) is 18.2 Å². The summed E-state index contributed by atoms with van der Waals surface area (Å²) in [5, 5.41) is 2.79. The minimum atomic E-state index is -0.843. The molecule has 2 rings (SSSR count). The number of rotatable bonds is 6. The molecule has 0 bridgehead atoms. The molecular formula is C15H19NO5. The normalized spacial score (nSPS) is 15.0. The Kier molecular flexibility index (Phi) is 4.67. The monoisotopic (exact) mass is 293 g/mol. The summed E-state index contributed by atoms with van der Waals surface area (Å²) in [5.41, 5.74) is 0.254. The predicted molar refractivity (Wildman–Crippen MR) is 75.6 cm³/mol. The third kappa shape index (κ3) is 3.87. The molecule has 0 aromatic heterocycles. The average Bonchev–Trinajstić information content (AvgIpc) is 3.30. The Hall–Kier alpha value is -2.24. The second-order valence-corrected chi connectivity index (χ2v) is 4.90. The number of methoxy groups -OCH3 is 2. The third-order valence-corrected chi connectivity index (χ3v) is 3.21. The molecular weight excluding hydrogens is 274 g/mol. The summed E-state index contributed by atoms with van der Waals surface area (Å²) in [4.78, 5) is 23.9. The van der Waals surface area contributed by atoms with Gasteiger partial charge < -0.3 is 19.5 Å². The second-order valence-electron chi connectivity index (χ2n) is 4.90. The van der Waals surface area contributed by atoms with Crippen LogP contribution in [0.2, 0.25) is 0 Å². The Morgan fingerprint density at radius 1 is 1.24 bits per heavy atom. The highest BCUT2D eigenvalue weighted by Gasteiger charge is 2.28. The van der Waals surface area contributed by atoms with Crippen LogP contribution in [0.1, 0.15) is 30.1 Å². The van der Waals surface area contributed by atoms with Gasteiger partial charge in [-0.1, -0.05) is 0 Å². The van der Waals surface area contributed by atoms with E-state index in [9.17, 15) is 9.59 Å². The molecule has 1 aliphatic rings. The summed E-state index contributed by atoms with van der Waals surface area (Å²) in [6.07, 6.45) is 1.13. The first kappa shape index (κ1) is 15.2. The Morgan fingerprint density at radius 2 is 1.95 bits per heavy atom. The summed E-state index contributed by atoms with van der Waals surface area (Å²) < 4.78 is 15.4. The van der Waals surface area contributed by atoms with Gasteiger partial charge in [0.05, 0.1) is 14.2 Å². The number of carbonyl (C=O) groups excluding carboxylic acids is 2. The van der Waals surface area contributed by atoms with Crippen LogP contribution in [-0.4, -0.2) is 38.2 Å². The number of carbonyl (C=O) groups is 2. The van der Waals surface area contributed by atoms with Gasteiger partial charge in [-0.15, -0.1) is 0 Å². The van der Waals surface area contributed by atoms with Crippen LogP contribution >= 0.6 is 0 Å². The van der Waals surface area contributed by atoms with Crippen molar-refractivity contribution >= 4 is 11.9 Å². The van der Waals surface area contributed by atoms with Gasteiger partial charge in [0.1, 0.15) is 17.1 Å². The van der Waals surface area contributed by atoms with E-state index in [-0.39, 0.29) is 17.5 Å². The Balaban J connectivity index is 2.03. The zero-order valence-electron chi connectivity index (χ0n) is 12.3. The number of hydrogen-bond acceptors (Lipinski definition) is 5. The first-order valence-corrected chi connectivity index (χ1v) is 6.78. The third-order valence-electron chi connectivity index (χ3n) is 3.21. The van der Waals surface area contributed by atoms with E-state index in [0.29, 0.717) is 11.5 Å². The molecule has 0 saturated heterocycles. The van der Waals surface area contributed by atoms with Crippen molar-refractivity contribution in [3.63, 3.8) is 0 Å². The van der Waals surface area contributed by atoms with Crippen LogP contribution < -0.4 is 14.8 Å². The minimum absolute atomic E-state index is 0.231. The standard InChI is InChI=1S/C15H19NO5/c1-9(14(17)16-10-4-5-10)21-15(18)12-7-6-11(19-2)8-13(12)20-3/h6-10H,4-5H2,1-3H3,(H,16,17)/t9-/m1/s1. The molecule has 114 valence electrons. The van der Waals surface area contributed by atoms with Gasteiger partial charge in [-0.2, -0.15) is 0 Å². The van der Waals surface area contributed by atoms with E-state index in [1.807, 2.05) is 0 Å². The average molecular weight is 293 g/mol. The molecule has 0 spiro atoms. The van der Waals surface area contributed by atoms with Gasteiger partial charge >= 0.3 is 5.97 Å². The van der Waals surface area contributed by atoms with Gasteiger partial charge in [0.2, 0.25) is 0 Å². The van der Waals surface area contributed by atoms with Crippen molar-refractivity contribution in [1.29, 1.82) is 0 Å². The van der Waals surface area contributed by atoms with Gasteiger partial charge in [0, 0.05) is 12.1 Å². The van der Waals surface area contributed by atoms with E-state index < -0.39 is 12.1 Å². The van der Waals surface area contributed by atoms with Crippen molar-refractivity contribution in [1.82, 2.24) is 5.32 Å². The number of nitrogens with one attached hydrogen (secondary N) is 1. The number of esters is 1. The van der Waals surface area contributed by atoms with E-state index in [4.69, 9.17) is 14.2 Å². The van der Waals surface area contributed by atoms with E-state index in [1.54, 1.807) is 25.1 Å². The summed E-state index contributed by atoms with van der Waals surface area (Å²) >= 11 is 0. The van der Waals surface area contributed by atoms with E-state index >= 15 is 0 Å². The maximum Gasteiger partial charge on any atom is 0.342 e. The quantitative estimate of drug-likeness (QED) is 0.805. The van der Waals surface area contributed by atoms with Crippen LogP contribution in [0.4, 0.5) is 0 Å². The maximum atomic E-state index is 12.1. The van der Waals surface area contributed by atoms with Crippen molar-refractivity contribution in [3.8, 4) is 11.5 Å². The van der Waals surface area contributed by atoms with Crippen LogP contribution in [0.3, 0.4) is 0 Å². The molecule has 6 nitrogen and oxygen atoms in total. The summed E-state index contributed by atoms with van der Waals surface area (Å²) in [7, 11) is 2.98. The lowest BCUT2D eigenvalue weighted by Gasteiger charge is -2.15. The van der Waals surface area contributed by atoms with Crippen molar-refractivity contribution in [2.24, 2.45) is 0 Å². The Bertz CT molecular complexity index is 539. The summed E-state index contributed by atoms with van der Waals surface area (Å²) in [6.45, 7) is 1.55. The van der Waals surface area contributed by atoms with Gasteiger partial charge in [-0.25, -0.2) is 4.79 Å². The molecule has 1 aromatic rings. The van der Waals surface area contributed by atoms with Crippen molar-refractivity contribution in [2.45, 2.75) is 31.9 Å². The highest BCUT2D eigenvalue weighted by atomic mass is 16.5. The van der Waals surface area contributed by atoms with Gasteiger partial charge in [-0.3, -0.25) is 4.79 Å². The molecule has 0 heterocycles. The molecule has 0 aliphatic heterocycles. The van der Waals surface area contributed by atoms with E-state index in [2.05, 4.69) is 5.32 Å². The molecule has 1 fully saturated rings. The van der Waals surface area contributed by atoms with Gasteiger partial charge in [-0.05, 0) is 31.9 Å². The lowest BCUT2D eigenvalue weighted by molar-refractivity contribution is -0.129. The van der Waals surface area contributed by atoms with Crippen molar-refractivity contribution in [3.05, 3.63) is 23.8 Å². The van der Waals surface area contributed by atoms with Gasteiger partial charge in [0.15, 0.2) is 6.10 Å². The van der Waals surface area contributed by atoms with Crippen LogP contribution in [0.25, 0.3) is 0 Å². The molecule has 21 heavy (non-hydrogen) atoms. The molecule has 1 saturated carbocycles. The maximum absolute atomic E-state index is 12.1. The Morgan fingerprint density at radius 3 is 2.52 bits per heavy atom. The lowest BCUT2D eigenvalue weighted by atomic mass is 10.2. The topological polar surface area (TPSA) is 73.9 Å². The highest BCUT2D eigenvalue weighted by Crippen LogP contribution is 2.25. The zero-order valence-corrected chi connectivity index (χ0v) is 12.3. The number of hydrogen-bond donors (Lipinski definition) is 1. The number of ether oxygens (including phenoxy) is 3. The fourth-order valence-corrected chi connectivity index (χ4v) is 1.79. The summed E-state index contributed by atoms with van der Waals surface area (Å²) in [6, 6.07) is 5.00. The van der Waals surface area contributed by atoms with Crippen molar-refractivity contribution < 1.29 is 23.8 Å². The second kappa shape index (κ2) is 6.47. The molecule has 0 radical (unpaired) electrons. The highest BCUT2D eigenvalue weighted by molar-refractivity contribution is 5.95. The molecule has 1 aromatic carbocycles. The molecule has 1 aliphatic carbocycles. The largest absolute Gasteiger partial charge is 0.497 e. The molecule has 1 atom stereocenters. The number of benzene rings is 1. The molecule has 0 unspecified atom stereocenters. The molecule has 1 N–H and O–H groups in total. The first-order valence-electron chi connectivity index (χ1n) is 6.78. The minimum Gasteiger partial charge on any atom is -0.497 e. The SMILES string of the molecule is COc1ccc(C(=O)O[C@H](C)C(=O)NC2CC2)c(OC)c1. The molecule has 6 heteroatoms. The molecule has 1 amide bonds. The zero-order chi connectivity index (χ0) is 15.4. The van der Waals surface area contributed by atoms with Gasteiger partial charge in [0.25, 0.3) is 5.91 Å². The van der Waals surface area contributed by atoms with Crippen LogP contribution in [0, 0.1) is 0 Å². The van der Waals surface area contributed by atoms with E-state index in [0.717, 1.165) is 12.8 Å². The fourth-order valence-electron chi connectivity index (χ4n) is 1.79. The smallest absolute Gasteiger partial charge is 0.342 e. The fraction of sp³-hybridized carbons (Fsp3) is 0.467.